The summed E-state index contributed by atoms with van der Waals surface area (Å²) in [6.07, 6.45) is 3.71. The fourth-order valence-electron chi connectivity index (χ4n) is 1.71. The van der Waals surface area contributed by atoms with Gasteiger partial charge >= 0.3 is 0 Å². The van der Waals surface area contributed by atoms with Crippen LogP contribution >= 0.6 is 28.1 Å². The Morgan fingerprint density at radius 1 is 1.44 bits per heavy atom. The number of nitrogens with one attached hydrogen (secondary N) is 1. The first-order valence-corrected chi connectivity index (χ1v) is 6.87. The number of aromatic nitrogens is 2. The van der Waals surface area contributed by atoms with E-state index in [1.807, 2.05) is 0 Å². The first-order chi connectivity index (χ1) is 7.38. The maximum atomic E-state index is 5.29. The van der Waals surface area contributed by atoms with Crippen molar-refractivity contribution in [2.75, 3.05) is 0 Å². The molecule has 0 aromatic carbocycles. The van der Waals surface area contributed by atoms with E-state index in [4.69, 9.17) is 12.2 Å². The van der Waals surface area contributed by atoms with Gasteiger partial charge in [0.1, 0.15) is 10.5 Å². The van der Waals surface area contributed by atoms with Crippen LogP contribution in [0.5, 0.6) is 0 Å². The maximum absolute atomic E-state index is 5.29. The predicted molar refractivity (Wildman–Crippen MR) is 72.2 cm³/mol. The third kappa shape index (κ3) is 2.72. The Labute approximate surface area is 110 Å². The standard InChI is InChI=1S/C12H17BrN2S/c1-12(2,3)10-9(13)11(16)15-8(14-10)6-7-4-5-7/h7H,4-6H2,1-3H3,(H,14,15,16). The number of hydrogen-bond donors (Lipinski definition) is 1. The summed E-state index contributed by atoms with van der Waals surface area (Å²) >= 11 is 8.83. The van der Waals surface area contributed by atoms with Crippen LogP contribution in [0.1, 0.15) is 45.1 Å². The lowest BCUT2D eigenvalue weighted by Crippen LogP contribution is -2.17. The Hall–Kier alpha value is -0.220. The molecule has 0 amide bonds. The van der Waals surface area contributed by atoms with E-state index < -0.39 is 0 Å². The van der Waals surface area contributed by atoms with Crippen LogP contribution in [0.3, 0.4) is 0 Å². The maximum Gasteiger partial charge on any atom is 0.144 e. The van der Waals surface area contributed by atoms with Crippen LogP contribution in [0.25, 0.3) is 0 Å². The highest BCUT2D eigenvalue weighted by Crippen LogP contribution is 2.33. The molecule has 1 saturated carbocycles. The molecule has 0 aliphatic heterocycles. The molecule has 1 aliphatic rings. The summed E-state index contributed by atoms with van der Waals surface area (Å²) in [5, 5.41) is 0. The molecule has 1 fully saturated rings. The minimum Gasteiger partial charge on any atom is -0.346 e. The molecular weight excluding hydrogens is 284 g/mol. The van der Waals surface area contributed by atoms with Crippen LogP contribution in [0, 0.1) is 10.6 Å². The zero-order valence-electron chi connectivity index (χ0n) is 9.93. The predicted octanol–water partition coefficient (Wildman–Crippen LogP) is 4.15. The van der Waals surface area contributed by atoms with E-state index in [9.17, 15) is 0 Å². The van der Waals surface area contributed by atoms with Crippen LogP contribution in [-0.4, -0.2) is 9.97 Å². The minimum atomic E-state index is 0.0631. The van der Waals surface area contributed by atoms with E-state index >= 15 is 0 Å². The lowest BCUT2D eigenvalue weighted by atomic mass is 9.92. The van der Waals surface area contributed by atoms with Crippen molar-refractivity contribution in [1.82, 2.24) is 9.97 Å². The van der Waals surface area contributed by atoms with Gasteiger partial charge in [-0.05, 0) is 34.7 Å². The second kappa shape index (κ2) is 4.22. The van der Waals surface area contributed by atoms with E-state index in [2.05, 4.69) is 46.7 Å². The highest BCUT2D eigenvalue weighted by molar-refractivity contribution is 9.10. The summed E-state index contributed by atoms with van der Waals surface area (Å²) in [6, 6.07) is 0. The van der Waals surface area contributed by atoms with Gasteiger partial charge in [0.05, 0.1) is 4.47 Å². The molecule has 2 rings (SSSR count). The van der Waals surface area contributed by atoms with Crippen molar-refractivity contribution in [3.63, 3.8) is 0 Å². The van der Waals surface area contributed by atoms with E-state index in [1.165, 1.54) is 12.8 Å². The van der Waals surface area contributed by atoms with E-state index in [1.54, 1.807) is 0 Å². The van der Waals surface area contributed by atoms with Gasteiger partial charge < -0.3 is 4.98 Å². The average molecular weight is 301 g/mol. The molecule has 88 valence electrons. The van der Waals surface area contributed by atoms with Crippen molar-refractivity contribution < 1.29 is 0 Å². The largest absolute Gasteiger partial charge is 0.346 e. The smallest absolute Gasteiger partial charge is 0.144 e. The first kappa shape index (κ1) is 12.2. The molecule has 0 unspecified atom stereocenters. The van der Waals surface area contributed by atoms with Crippen molar-refractivity contribution in [1.29, 1.82) is 0 Å². The molecule has 0 spiro atoms. The molecule has 1 aromatic rings. The van der Waals surface area contributed by atoms with E-state index in [0.29, 0.717) is 4.64 Å². The van der Waals surface area contributed by atoms with Crippen molar-refractivity contribution in [3.05, 3.63) is 20.6 Å². The highest BCUT2D eigenvalue weighted by Gasteiger charge is 2.25. The number of aromatic amines is 1. The third-order valence-corrected chi connectivity index (χ3v) is 4.17. The molecule has 2 nitrogen and oxygen atoms in total. The van der Waals surface area contributed by atoms with Gasteiger partial charge in [0.25, 0.3) is 0 Å². The van der Waals surface area contributed by atoms with Gasteiger partial charge in [0.2, 0.25) is 0 Å². The number of hydrogen-bond acceptors (Lipinski definition) is 2. The normalized spacial score (nSPS) is 16.5. The Bertz CT molecular complexity index is 455. The molecule has 1 N–H and O–H groups in total. The van der Waals surface area contributed by atoms with Gasteiger partial charge in [-0.25, -0.2) is 4.98 Å². The monoisotopic (exact) mass is 300 g/mol. The van der Waals surface area contributed by atoms with E-state index in [-0.39, 0.29) is 5.41 Å². The van der Waals surface area contributed by atoms with Crippen molar-refractivity contribution in [3.8, 4) is 0 Å². The molecule has 1 heterocycles. The Balaban J connectivity index is 2.42. The average Bonchev–Trinajstić information content (AvgIpc) is 2.93. The molecule has 0 atom stereocenters. The molecule has 1 aliphatic carbocycles. The van der Waals surface area contributed by atoms with Crippen molar-refractivity contribution in [2.24, 2.45) is 5.92 Å². The Morgan fingerprint density at radius 3 is 2.56 bits per heavy atom. The molecular formula is C12H17BrN2S. The summed E-state index contributed by atoms with van der Waals surface area (Å²) in [5.74, 6) is 1.87. The summed E-state index contributed by atoms with van der Waals surface area (Å²) < 4.78 is 1.62. The van der Waals surface area contributed by atoms with E-state index in [0.717, 1.165) is 28.3 Å². The number of rotatable bonds is 2. The summed E-state index contributed by atoms with van der Waals surface area (Å²) in [6.45, 7) is 6.54. The summed E-state index contributed by atoms with van der Waals surface area (Å²) in [5.41, 5.74) is 1.22. The minimum absolute atomic E-state index is 0.0631. The number of halogens is 1. The quantitative estimate of drug-likeness (QED) is 0.831. The van der Waals surface area contributed by atoms with Crippen LogP contribution in [0.2, 0.25) is 0 Å². The van der Waals surface area contributed by atoms with Crippen LogP contribution in [0.15, 0.2) is 4.47 Å². The van der Waals surface area contributed by atoms with Gasteiger partial charge in [-0.15, -0.1) is 0 Å². The fourth-order valence-corrected chi connectivity index (χ4v) is 2.71. The van der Waals surface area contributed by atoms with Crippen molar-refractivity contribution in [2.45, 2.75) is 45.4 Å². The van der Waals surface area contributed by atoms with Crippen LogP contribution < -0.4 is 0 Å². The SMILES string of the molecule is CC(C)(C)c1[nH]c(CC2CC2)nc(=S)c1Br. The first-order valence-electron chi connectivity index (χ1n) is 5.67. The topological polar surface area (TPSA) is 28.7 Å². The molecule has 0 bridgehead atoms. The second-order valence-corrected chi connectivity index (χ2v) is 6.75. The Morgan fingerprint density at radius 2 is 2.06 bits per heavy atom. The zero-order chi connectivity index (χ0) is 11.9. The third-order valence-electron chi connectivity index (χ3n) is 2.84. The van der Waals surface area contributed by atoms with Gasteiger partial charge in [-0.2, -0.15) is 0 Å². The molecule has 0 saturated heterocycles. The lowest BCUT2D eigenvalue weighted by molar-refractivity contribution is 0.555. The fraction of sp³-hybridized carbons (Fsp3) is 0.667. The molecule has 16 heavy (non-hydrogen) atoms. The van der Waals surface area contributed by atoms with Gasteiger partial charge in [-0.1, -0.05) is 33.0 Å². The van der Waals surface area contributed by atoms with Crippen LogP contribution in [-0.2, 0) is 11.8 Å². The number of H-pyrrole nitrogens is 1. The van der Waals surface area contributed by atoms with Gasteiger partial charge in [-0.3, -0.25) is 0 Å². The summed E-state index contributed by atoms with van der Waals surface area (Å²) in [4.78, 5) is 7.88. The Kier molecular flexibility index (Phi) is 3.23. The highest BCUT2D eigenvalue weighted by atomic mass is 79.9. The van der Waals surface area contributed by atoms with Gasteiger partial charge in [0.15, 0.2) is 0 Å². The van der Waals surface area contributed by atoms with Crippen molar-refractivity contribution >= 4 is 28.1 Å². The molecule has 4 heteroatoms. The number of nitrogens with zero attached hydrogens (tertiary/aromatic N) is 1. The molecule has 1 aromatic heterocycles. The lowest BCUT2D eigenvalue weighted by Gasteiger charge is -2.21. The zero-order valence-corrected chi connectivity index (χ0v) is 12.3. The van der Waals surface area contributed by atoms with Crippen LogP contribution in [0.4, 0.5) is 0 Å². The second-order valence-electron chi connectivity index (χ2n) is 5.58. The summed E-state index contributed by atoms with van der Waals surface area (Å²) in [7, 11) is 0. The molecule has 0 radical (unpaired) electrons. The van der Waals surface area contributed by atoms with Gasteiger partial charge in [0, 0.05) is 17.5 Å².